The van der Waals surface area contributed by atoms with Gasteiger partial charge in [-0.2, -0.15) is 0 Å². The quantitative estimate of drug-likeness (QED) is 0.392. The van der Waals surface area contributed by atoms with Gasteiger partial charge in [-0.05, 0) is 37.1 Å². The van der Waals surface area contributed by atoms with Crippen LogP contribution in [0.3, 0.4) is 0 Å². The minimum Gasteiger partial charge on any atom is -0.369 e. The molecule has 1 aromatic heterocycles. The number of anilines is 1. The molecule has 120 valence electrons. The Kier molecular flexibility index (Phi) is 6.59. The fraction of sp³-hybridized carbons (Fsp3) is 0.471. The monoisotopic (exact) mass is 340 g/mol. The molecule has 0 atom stereocenters. The van der Waals surface area contributed by atoms with Crippen LogP contribution in [0.2, 0.25) is 0 Å². The minimum atomic E-state index is 0.584. The molecule has 1 aromatic carbocycles. The van der Waals surface area contributed by atoms with Gasteiger partial charge in [0, 0.05) is 60.6 Å². The maximum absolute atomic E-state index is 10.5. The van der Waals surface area contributed by atoms with E-state index in [0.717, 1.165) is 37.9 Å². The number of unbranched alkanes of at least 4 members (excludes halogenated alkanes) is 1. The van der Waals surface area contributed by atoms with Gasteiger partial charge in [0.25, 0.3) is 0 Å². The van der Waals surface area contributed by atoms with Crippen molar-refractivity contribution in [2.75, 3.05) is 29.7 Å². The topological polar surface area (TPSA) is 25.2 Å². The predicted molar refractivity (Wildman–Crippen MR) is 95.6 cm³/mol. The summed E-state index contributed by atoms with van der Waals surface area (Å²) in [7, 11) is 2.08. The van der Waals surface area contributed by atoms with Crippen molar-refractivity contribution in [1.82, 2.24) is 4.57 Å². The van der Waals surface area contributed by atoms with Crippen molar-refractivity contribution >= 4 is 46.1 Å². The molecule has 0 aliphatic rings. The van der Waals surface area contributed by atoms with Crippen LogP contribution < -0.4 is 4.90 Å². The number of carbonyl (C=O) groups excluding carboxylic acids is 1. The lowest BCUT2D eigenvalue weighted by atomic mass is 10.2. The first kappa shape index (κ1) is 17.2. The summed E-state index contributed by atoms with van der Waals surface area (Å²) in [6.45, 7) is 1.58. The molecule has 2 rings (SSSR count). The number of halogens is 2. The third-order valence-electron chi connectivity index (χ3n) is 3.95. The molecule has 5 heteroatoms. The molecule has 3 nitrogen and oxygen atoms in total. The van der Waals surface area contributed by atoms with Crippen LogP contribution in [0.15, 0.2) is 24.3 Å². The van der Waals surface area contributed by atoms with E-state index in [1.807, 2.05) is 0 Å². The van der Waals surface area contributed by atoms with Gasteiger partial charge in [-0.1, -0.05) is 0 Å². The molecule has 22 heavy (non-hydrogen) atoms. The molecule has 0 N–H and O–H groups in total. The molecule has 1 heterocycles. The van der Waals surface area contributed by atoms with E-state index < -0.39 is 0 Å². The first-order chi connectivity index (χ1) is 10.7. The lowest BCUT2D eigenvalue weighted by molar-refractivity contribution is -0.107. The third-order valence-corrected chi connectivity index (χ3v) is 4.29. The van der Waals surface area contributed by atoms with Crippen molar-refractivity contribution in [3.8, 4) is 0 Å². The van der Waals surface area contributed by atoms with Crippen molar-refractivity contribution in [2.45, 2.75) is 19.3 Å². The third kappa shape index (κ3) is 3.96. The molecule has 0 aliphatic heterocycles. The van der Waals surface area contributed by atoms with E-state index in [1.165, 1.54) is 16.6 Å². The van der Waals surface area contributed by atoms with Gasteiger partial charge in [-0.25, -0.2) is 0 Å². The fourth-order valence-corrected chi connectivity index (χ4v) is 3.18. The molecule has 0 fully saturated rings. The predicted octanol–water partition coefficient (Wildman–Crippen LogP) is 3.98. The van der Waals surface area contributed by atoms with Gasteiger partial charge in [-0.3, -0.25) is 0 Å². The van der Waals surface area contributed by atoms with Gasteiger partial charge >= 0.3 is 0 Å². The number of benzene rings is 1. The average molecular weight is 341 g/mol. The Bertz CT molecular complexity index is 618. The summed E-state index contributed by atoms with van der Waals surface area (Å²) in [6.07, 6.45) is 3.42. The average Bonchev–Trinajstić information content (AvgIpc) is 2.83. The van der Waals surface area contributed by atoms with Crippen molar-refractivity contribution < 1.29 is 4.79 Å². The maximum Gasteiger partial charge on any atom is 0.120 e. The van der Waals surface area contributed by atoms with Crippen molar-refractivity contribution in [3.63, 3.8) is 0 Å². The zero-order valence-corrected chi connectivity index (χ0v) is 14.4. The molecule has 0 saturated carbocycles. The van der Waals surface area contributed by atoms with Gasteiger partial charge in [0.1, 0.15) is 6.29 Å². The number of rotatable bonds is 9. The number of fused-ring (bicyclic) bond motifs is 1. The van der Waals surface area contributed by atoms with Crippen LogP contribution >= 0.6 is 23.2 Å². The first-order valence-corrected chi connectivity index (χ1v) is 8.67. The molecule has 0 aliphatic carbocycles. The van der Waals surface area contributed by atoms with Gasteiger partial charge in [0.15, 0.2) is 0 Å². The molecular formula is C17H22Cl2N2O. The molecule has 0 bridgehead atoms. The van der Waals surface area contributed by atoms with Crippen LogP contribution in [-0.4, -0.2) is 35.7 Å². The molecular weight excluding hydrogens is 319 g/mol. The zero-order chi connectivity index (χ0) is 15.9. The van der Waals surface area contributed by atoms with E-state index in [2.05, 4.69) is 40.8 Å². The molecule has 0 spiro atoms. The Hall–Kier alpha value is -1.19. The maximum atomic E-state index is 10.5. The number of carbonyl (C=O) groups is 1. The van der Waals surface area contributed by atoms with Gasteiger partial charge in [0.05, 0.1) is 0 Å². The second kappa shape index (κ2) is 8.44. The second-order valence-corrected chi connectivity index (χ2v) is 6.12. The van der Waals surface area contributed by atoms with E-state index in [-0.39, 0.29) is 0 Å². The van der Waals surface area contributed by atoms with E-state index in [1.54, 1.807) is 0 Å². The van der Waals surface area contributed by atoms with Crippen molar-refractivity contribution in [1.29, 1.82) is 0 Å². The Morgan fingerprint density at radius 3 is 2.55 bits per heavy atom. The number of hydrogen-bond donors (Lipinski definition) is 0. The van der Waals surface area contributed by atoms with Crippen molar-refractivity contribution in [3.05, 3.63) is 30.0 Å². The summed E-state index contributed by atoms with van der Waals surface area (Å²) in [6, 6.07) is 8.67. The van der Waals surface area contributed by atoms with E-state index in [9.17, 15) is 4.79 Å². The highest BCUT2D eigenvalue weighted by molar-refractivity contribution is 6.18. The second-order valence-electron chi connectivity index (χ2n) is 5.36. The summed E-state index contributed by atoms with van der Waals surface area (Å²) in [5.74, 6) is 1.17. The Labute approximate surface area is 141 Å². The van der Waals surface area contributed by atoms with Crippen LogP contribution in [0.5, 0.6) is 0 Å². The van der Waals surface area contributed by atoms with Crippen LogP contribution in [0.25, 0.3) is 10.9 Å². The summed E-state index contributed by atoms with van der Waals surface area (Å²) in [5.41, 5.74) is 3.62. The highest BCUT2D eigenvalue weighted by atomic mass is 35.5. The molecule has 0 saturated heterocycles. The molecule has 0 amide bonds. The van der Waals surface area contributed by atoms with E-state index in [4.69, 9.17) is 23.2 Å². The van der Waals surface area contributed by atoms with Crippen LogP contribution in [-0.2, 0) is 18.3 Å². The number of aryl methyl sites for hydroxylation is 2. The van der Waals surface area contributed by atoms with Gasteiger partial charge < -0.3 is 14.3 Å². The largest absolute Gasteiger partial charge is 0.369 e. The van der Waals surface area contributed by atoms with Crippen LogP contribution in [0, 0.1) is 0 Å². The normalized spacial score (nSPS) is 11.0. The Balaban J connectivity index is 2.27. The summed E-state index contributed by atoms with van der Waals surface area (Å²) >= 11 is 11.8. The number of nitrogens with zero attached hydrogens (tertiary/aromatic N) is 2. The molecule has 0 unspecified atom stereocenters. The Morgan fingerprint density at radius 2 is 1.91 bits per heavy atom. The fourth-order valence-electron chi connectivity index (χ4n) is 2.77. The SMILES string of the molecule is Cn1c(CCCC=O)cc2cc(N(CCCl)CCCl)ccc21. The molecule has 2 aromatic rings. The highest BCUT2D eigenvalue weighted by Gasteiger charge is 2.10. The molecule has 0 radical (unpaired) electrons. The lowest BCUT2D eigenvalue weighted by Gasteiger charge is -2.22. The van der Waals surface area contributed by atoms with Gasteiger partial charge in [0.2, 0.25) is 0 Å². The van der Waals surface area contributed by atoms with Crippen molar-refractivity contribution in [2.24, 2.45) is 7.05 Å². The smallest absolute Gasteiger partial charge is 0.120 e. The summed E-state index contributed by atoms with van der Waals surface area (Å²) in [5, 5.41) is 1.22. The number of alkyl halides is 2. The number of aromatic nitrogens is 1. The van der Waals surface area contributed by atoms with E-state index >= 15 is 0 Å². The highest BCUT2D eigenvalue weighted by Crippen LogP contribution is 2.25. The van der Waals surface area contributed by atoms with E-state index in [0.29, 0.717) is 18.2 Å². The van der Waals surface area contributed by atoms with Crippen LogP contribution in [0.4, 0.5) is 5.69 Å². The van der Waals surface area contributed by atoms with Gasteiger partial charge in [-0.15, -0.1) is 23.2 Å². The first-order valence-electron chi connectivity index (χ1n) is 7.60. The standard InChI is InChI=1S/C17H22Cl2N2O/c1-20-15(4-2-3-11-22)12-14-13-16(5-6-17(14)20)21(9-7-18)10-8-19/h5-6,11-13H,2-4,7-10H2,1H3. The summed E-state index contributed by atoms with van der Waals surface area (Å²) in [4.78, 5) is 12.7. The number of aldehydes is 1. The lowest BCUT2D eigenvalue weighted by Crippen LogP contribution is -2.27. The zero-order valence-electron chi connectivity index (χ0n) is 12.9. The Morgan fingerprint density at radius 1 is 1.18 bits per heavy atom. The number of hydrogen-bond acceptors (Lipinski definition) is 2. The van der Waals surface area contributed by atoms with Crippen LogP contribution in [0.1, 0.15) is 18.5 Å². The summed E-state index contributed by atoms with van der Waals surface area (Å²) < 4.78 is 2.21. The minimum absolute atomic E-state index is 0.584.